The Hall–Kier alpha value is -7.66. The lowest BCUT2D eigenvalue weighted by Gasteiger charge is -2.38. The fourth-order valence-corrected chi connectivity index (χ4v) is 7.82. The van der Waals surface area contributed by atoms with Gasteiger partial charge in [0.05, 0.1) is 24.0 Å². The van der Waals surface area contributed by atoms with Crippen molar-refractivity contribution in [1.82, 2.24) is 30.7 Å². The number of carboxylic acid groups (broad SMARTS) is 1. The molecule has 69 heavy (non-hydrogen) atoms. The van der Waals surface area contributed by atoms with Gasteiger partial charge in [0, 0.05) is 67.9 Å². The molecule has 3 aromatic rings. The first-order valence-corrected chi connectivity index (χ1v) is 23.1. The van der Waals surface area contributed by atoms with Gasteiger partial charge in [-0.2, -0.15) is 5.26 Å². The number of aliphatic imine (C=N–C) groups is 1. The number of nitriles is 1. The van der Waals surface area contributed by atoms with E-state index in [-0.39, 0.29) is 54.7 Å². The standard InChI is InChI=1S/C49H61N11O9/c1-33(2)43(57-40(61)14-5-4-8-26-59-41(62)19-20-42(59)63)45(65)54-34(3)44(64)55-37-17-15-35(16-18-37)31-60(48(67)68)39-13-9-11-36(29-39)46(66)58-27-22-49(69,23-28-58)21-6-7-25-52-47(53-32-50)56-38-12-10-24-51-30-38/h9-13,15-20,24,29-30,33-34,43,69H,4-8,14,21-23,25-28,31H2,1-3H3,(H,54,65)(H,55,64)(H,57,61)(H,67,68)(H2,52,53,56)/t34-,43-/m0/s1. The third-order valence-corrected chi connectivity index (χ3v) is 11.8. The molecule has 2 aromatic carbocycles. The highest BCUT2D eigenvalue weighted by Crippen LogP contribution is 2.29. The Morgan fingerprint density at radius 3 is 2.25 bits per heavy atom. The number of unbranched alkanes of at least 4 members (excludes halogenated alkanes) is 3. The number of likely N-dealkylation sites (tertiary alicyclic amines) is 1. The predicted molar refractivity (Wildman–Crippen MR) is 257 cm³/mol. The van der Waals surface area contributed by atoms with Gasteiger partial charge < -0.3 is 41.7 Å². The molecule has 2 aliphatic heterocycles. The van der Waals surface area contributed by atoms with Crippen molar-refractivity contribution >= 4 is 64.6 Å². The molecule has 20 nitrogen and oxygen atoms in total. The third-order valence-electron chi connectivity index (χ3n) is 11.8. The van der Waals surface area contributed by atoms with Crippen LogP contribution in [0.15, 0.2) is 90.2 Å². The molecule has 0 aliphatic carbocycles. The van der Waals surface area contributed by atoms with E-state index in [1.165, 1.54) is 25.1 Å². The number of nitrogens with one attached hydrogen (secondary N) is 5. The molecular weight excluding hydrogens is 887 g/mol. The predicted octanol–water partition coefficient (Wildman–Crippen LogP) is 4.51. The summed E-state index contributed by atoms with van der Waals surface area (Å²) in [5.74, 6) is -2.33. The van der Waals surface area contributed by atoms with Gasteiger partial charge in [-0.3, -0.25) is 43.6 Å². The van der Waals surface area contributed by atoms with Gasteiger partial charge >= 0.3 is 6.09 Å². The minimum Gasteiger partial charge on any atom is -0.465 e. The Labute approximate surface area is 401 Å². The quantitative estimate of drug-likeness (QED) is 0.0240. The van der Waals surface area contributed by atoms with E-state index in [4.69, 9.17) is 5.26 Å². The van der Waals surface area contributed by atoms with Crippen molar-refractivity contribution in [1.29, 1.82) is 5.26 Å². The minimum absolute atomic E-state index is 0.0615. The van der Waals surface area contributed by atoms with Crippen molar-refractivity contribution in [3.63, 3.8) is 0 Å². The monoisotopic (exact) mass is 947 g/mol. The number of guanidine groups is 1. The Morgan fingerprint density at radius 1 is 0.870 bits per heavy atom. The van der Waals surface area contributed by atoms with Gasteiger partial charge in [0.15, 0.2) is 0 Å². The van der Waals surface area contributed by atoms with E-state index >= 15 is 0 Å². The number of anilines is 3. The zero-order chi connectivity index (χ0) is 49.9. The Balaban J connectivity index is 1.04. The molecule has 1 saturated heterocycles. The highest BCUT2D eigenvalue weighted by atomic mass is 16.4. The van der Waals surface area contributed by atoms with E-state index in [1.54, 1.807) is 91.9 Å². The van der Waals surface area contributed by atoms with Gasteiger partial charge in [-0.05, 0) is 106 Å². The van der Waals surface area contributed by atoms with Crippen molar-refractivity contribution < 1.29 is 43.8 Å². The molecule has 5 rings (SSSR count). The lowest BCUT2D eigenvalue weighted by molar-refractivity contribution is -0.137. The van der Waals surface area contributed by atoms with Crippen LogP contribution in [0.2, 0.25) is 0 Å². The van der Waals surface area contributed by atoms with Gasteiger partial charge in [0.2, 0.25) is 29.9 Å². The lowest BCUT2D eigenvalue weighted by atomic mass is 9.86. The second-order valence-electron chi connectivity index (χ2n) is 17.4. The molecule has 0 unspecified atom stereocenters. The number of carbonyl (C=O) groups excluding carboxylic acids is 6. The lowest BCUT2D eigenvalue weighted by Crippen LogP contribution is -2.53. The molecule has 2 aliphatic rings. The highest BCUT2D eigenvalue weighted by Gasteiger charge is 2.34. The summed E-state index contributed by atoms with van der Waals surface area (Å²) in [4.78, 5) is 100. The Bertz CT molecular complexity index is 2380. The fraction of sp³-hybridized carbons (Fsp3) is 0.429. The summed E-state index contributed by atoms with van der Waals surface area (Å²) in [6.45, 7) is 6.45. The van der Waals surface area contributed by atoms with Gasteiger partial charge in [0.1, 0.15) is 12.1 Å². The molecular formula is C49H61N11O9. The number of imide groups is 1. The molecule has 0 bridgehead atoms. The van der Waals surface area contributed by atoms with Crippen molar-refractivity contribution in [3.05, 3.63) is 96.3 Å². The normalized spacial score (nSPS) is 15.2. The number of benzene rings is 2. The zero-order valence-corrected chi connectivity index (χ0v) is 39.1. The van der Waals surface area contributed by atoms with E-state index < -0.39 is 35.6 Å². The summed E-state index contributed by atoms with van der Waals surface area (Å²) >= 11 is 0. The van der Waals surface area contributed by atoms with Crippen LogP contribution in [0.3, 0.4) is 0 Å². The maximum absolute atomic E-state index is 13.6. The summed E-state index contributed by atoms with van der Waals surface area (Å²) in [6.07, 6.45) is 10.8. The topological polar surface area (TPSA) is 279 Å². The van der Waals surface area contributed by atoms with Crippen LogP contribution in [0, 0.1) is 17.4 Å². The van der Waals surface area contributed by atoms with Crippen molar-refractivity contribution in [2.75, 3.05) is 41.7 Å². The molecule has 3 heterocycles. The number of nitrogens with zero attached hydrogens (tertiary/aromatic N) is 6. The summed E-state index contributed by atoms with van der Waals surface area (Å²) in [6, 6.07) is 14.6. The number of rotatable bonds is 22. The first-order chi connectivity index (χ1) is 33.0. The second-order valence-corrected chi connectivity index (χ2v) is 17.4. The second kappa shape index (κ2) is 25.5. The van der Waals surface area contributed by atoms with E-state index in [0.29, 0.717) is 99.5 Å². The number of amides is 7. The SMILES string of the molecule is CC(C)[C@H](NC(=O)CCCCCN1C(=O)C=CC1=O)C(=O)N[C@@H](C)C(=O)Nc1ccc(CN(C(=O)O)c2cccc(C(=O)N3CCC(O)(CCCCN/C(=N\C#N)Nc4cccnc4)CC3)c2)cc1. The van der Waals surface area contributed by atoms with Crippen LogP contribution in [-0.2, 0) is 30.5 Å². The van der Waals surface area contributed by atoms with E-state index in [2.05, 4.69) is 36.6 Å². The molecule has 0 spiro atoms. The number of pyridine rings is 1. The number of aliphatic hydroxyl groups is 1. The molecule has 0 saturated carbocycles. The van der Waals surface area contributed by atoms with Crippen molar-refractivity contribution in [3.8, 4) is 6.19 Å². The molecule has 1 aromatic heterocycles. The highest BCUT2D eigenvalue weighted by molar-refractivity contribution is 6.12. The number of hydrogen-bond donors (Lipinski definition) is 7. The average molecular weight is 948 g/mol. The number of carbonyl (C=O) groups is 7. The van der Waals surface area contributed by atoms with E-state index in [9.17, 15) is 43.8 Å². The largest absolute Gasteiger partial charge is 0.465 e. The van der Waals surface area contributed by atoms with Crippen molar-refractivity contribution in [2.45, 2.75) is 103 Å². The maximum Gasteiger partial charge on any atom is 0.412 e. The molecule has 7 amide bonds. The van der Waals surface area contributed by atoms with Gasteiger partial charge in [-0.25, -0.2) is 4.79 Å². The van der Waals surface area contributed by atoms with Gasteiger partial charge in [-0.1, -0.05) is 38.5 Å². The van der Waals surface area contributed by atoms with Crippen LogP contribution in [-0.4, -0.2) is 116 Å². The van der Waals surface area contributed by atoms with Crippen LogP contribution in [0.4, 0.5) is 21.9 Å². The summed E-state index contributed by atoms with van der Waals surface area (Å²) in [7, 11) is 0. The van der Waals surface area contributed by atoms with Crippen LogP contribution in [0.1, 0.15) is 94.5 Å². The molecule has 1 fully saturated rings. The van der Waals surface area contributed by atoms with Crippen LogP contribution >= 0.6 is 0 Å². The number of aromatic nitrogens is 1. The summed E-state index contributed by atoms with van der Waals surface area (Å²) < 4.78 is 0. The van der Waals surface area contributed by atoms with Crippen LogP contribution < -0.4 is 31.5 Å². The molecule has 7 N–H and O–H groups in total. The Kier molecular flexibility index (Phi) is 19.3. The van der Waals surface area contributed by atoms with Gasteiger partial charge in [0.25, 0.3) is 17.7 Å². The van der Waals surface area contributed by atoms with Crippen LogP contribution in [0.25, 0.3) is 0 Å². The minimum atomic E-state index is -1.24. The van der Waals surface area contributed by atoms with E-state index in [0.717, 1.165) is 9.80 Å². The molecule has 2 atom stereocenters. The fourth-order valence-electron chi connectivity index (χ4n) is 7.82. The molecule has 0 radical (unpaired) electrons. The first kappa shape index (κ1) is 52.3. The maximum atomic E-state index is 13.6. The first-order valence-electron chi connectivity index (χ1n) is 23.1. The number of piperidine rings is 1. The molecule has 20 heteroatoms. The Morgan fingerprint density at radius 2 is 1.59 bits per heavy atom. The smallest absolute Gasteiger partial charge is 0.412 e. The van der Waals surface area contributed by atoms with Gasteiger partial charge in [-0.15, -0.1) is 4.99 Å². The van der Waals surface area contributed by atoms with E-state index in [1.807, 2.05) is 0 Å². The molecule has 366 valence electrons. The average Bonchev–Trinajstić information content (AvgIpc) is 3.65. The van der Waals surface area contributed by atoms with Crippen LogP contribution in [0.5, 0.6) is 0 Å². The summed E-state index contributed by atoms with van der Waals surface area (Å²) in [5.41, 5.74) is 1.34. The summed E-state index contributed by atoms with van der Waals surface area (Å²) in [5, 5.41) is 44.8. The zero-order valence-electron chi connectivity index (χ0n) is 39.1. The third kappa shape index (κ3) is 16.0. The number of hydrogen-bond acceptors (Lipinski definition) is 11. The van der Waals surface area contributed by atoms with Crippen molar-refractivity contribution in [2.24, 2.45) is 10.9 Å².